The van der Waals surface area contributed by atoms with Gasteiger partial charge < -0.3 is 37.4 Å². The van der Waals surface area contributed by atoms with E-state index >= 15 is 0 Å². The maximum Gasteiger partial charge on any atom is 0.326 e. The van der Waals surface area contributed by atoms with Crippen molar-refractivity contribution in [3.05, 3.63) is 0 Å². The number of hydrogen-bond donors (Lipinski definition) is 7. The van der Waals surface area contributed by atoms with Gasteiger partial charge in [-0.15, -0.1) is 0 Å². The third kappa shape index (κ3) is 11.1. The van der Waals surface area contributed by atoms with Gasteiger partial charge in [0.25, 0.3) is 0 Å². The summed E-state index contributed by atoms with van der Waals surface area (Å²) in [6.45, 7) is 0.367. The lowest BCUT2D eigenvalue weighted by Crippen LogP contribution is -2.54. The summed E-state index contributed by atoms with van der Waals surface area (Å²) in [6.07, 6.45) is -0.122. The Balaban J connectivity index is 5.01. The minimum Gasteiger partial charge on any atom is -0.481 e. The number of amides is 2. The first kappa shape index (κ1) is 25.3. The molecule has 0 fully saturated rings. The first-order chi connectivity index (χ1) is 13.1. The number of carbonyl (C=O) groups excluding carboxylic acids is 2. The van der Waals surface area contributed by atoms with Crippen LogP contribution in [0.15, 0.2) is 0 Å². The van der Waals surface area contributed by atoms with E-state index in [1.807, 2.05) is 0 Å². The Bertz CT molecular complexity index is 569. The van der Waals surface area contributed by atoms with Gasteiger partial charge in [0, 0.05) is 12.8 Å². The van der Waals surface area contributed by atoms with Crippen LogP contribution in [-0.4, -0.2) is 69.7 Å². The highest BCUT2D eigenvalue weighted by Gasteiger charge is 2.28. The number of nitrogens with one attached hydrogen (secondary N) is 2. The molecule has 0 aliphatic rings. The Morgan fingerprint density at radius 2 is 1.29 bits per heavy atom. The summed E-state index contributed by atoms with van der Waals surface area (Å²) in [5.41, 5.74) is 10.9. The third-order valence-electron chi connectivity index (χ3n) is 3.85. The summed E-state index contributed by atoms with van der Waals surface area (Å²) in [6, 6.07) is -3.75. The molecule has 12 heteroatoms. The number of aliphatic carboxylic acids is 3. The maximum absolute atomic E-state index is 12.4. The number of carbonyl (C=O) groups is 5. The smallest absolute Gasteiger partial charge is 0.326 e. The number of unbranched alkanes of at least 4 members (excludes halogenated alkanes) is 1. The summed E-state index contributed by atoms with van der Waals surface area (Å²) < 4.78 is 0. The Hall–Kier alpha value is -2.73. The second-order valence-electron chi connectivity index (χ2n) is 6.22. The average Bonchev–Trinajstić information content (AvgIpc) is 2.61. The molecule has 0 radical (unpaired) electrons. The minimum atomic E-state index is -1.32. The van der Waals surface area contributed by atoms with Crippen LogP contribution in [0.4, 0.5) is 0 Å². The molecule has 12 nitrogen and oxygen atoms in total. The van der Waals surface area contributed by atoms with Crippen LogP contribution in [0.25, 0.3) is 0 Å². The molecule has 0 aromatic heterocycles. The van der Waals surface area contributed by atoms with Crippen molar-refractivity contribution >= 4 is 29.7 Å². The predicted octanol–water partition coefficient (Wildman–Crippen LogP) is -1.77. The van der Waals surface area contributed by atoms with E-state index in [0.717, 1.165) is 0 Å². The Morgan fingerprint density at radius 1 is 0.750 bits per heavy atom. The van der Waals surface area contributed by atoms with Gasteiger partial charge in [-0.05, 0) is 38.6 Å². The second kappa shape index (κ2) is 13.4. The number of nitrogens with two attached hydrogens (primary N) is 2. The predicted molar refractivity (Wildman–Crippen MR) is 96.1 cm³/mol. The lowest BCUT2D eigenvalue weighted by molar-refractivity contribution is -0.143. The van der Waals surface area contributed by atoms with Crippen LogP contribution >= 0.6 is 0 Å². The van der Waals surface area contributed by atoms with Gasteiger partial charge in [-0.1, -0.05) is 0 Å². The molecule has 0 saturated carbocycles. The van der Waals surface area contributed by atoms with E-state index in [1.165, 1.54) is 0 Å². The highest BCUT2D eigenvalue weighted by Crippen LogP contribution is 2.05. The molecule has 0 bridgehead atoms. The van der Waals surface area contributed by atoms with Gasteiger partial charge >= 0.3 is 17.9 Å². The molecule has 0 saturated heterocycles. The molecule has 0 aliphatic heterocycles. The van der Waals surface area contributed by atoms with Gasteiger partial charge in [0.05, 0.1) is 6.04 Å². The topological polar surface area (TPSA) is 222 Å². The zero-order valence-corrected chi connectivity index (χ0v) is 15.4. The van der Waals surface area contributed by atoms with Gasteiger partial charge in [0.2, 0.25) is 11.8 Å². The summed E-state index contributed by atoms with van der Waals surface area (Å²) >= 11 is 0. The summed E-state index contributed by atoms with van der Waals surface area (Å²) in [7, 11) is 0. The van der Waals surface area contributed by atoms with E-state index < -0.39 is 54.3 Å². The van der Waals surface area contributed by atoms with Crippen LogP contribution < -0.4 is 22.1 Å². The highest BCUT2D eigenvalue weighted by atomic mass is 16.4. The van der Waals surface area contributed by atoms with Gasteiger partial charge in [-0.3, -0.25) is 19.2 Å². The van der Waals surface area contributed by atoms with Crippen LogP contribution in [-0.2, 0) is 24.0 Å². The van der Waals surface area contributed by atoms with Gasteiger partial charge in [-0.2, -0.15) is 0 Å². The number of hydrogen-bond acceptors (Lipinski definition) is 7. The fraction of sp³-hybridized carbons (Fsp3) is 0.688. The van der Waals surface area contributed by atoms with E-state index in [-0.39, 0.29) is 25.7 Å². The Kier molecular flexibility index (Phi) is 12.1. The molecular weight excluding hydrogens is 376 g/mol. The SMILES string of the molecule is NCCCC[C@@H](NC(=O)[C@@H](CCC(=O)O)NC(=O)[C@H](N)CCC(=O)O)C(=O)O. The van der Waals surface area contributed by atoms with Crippen LogP contribution in [0.1, 0.15) is 44.9 Å². The van der Waals surface area contributed by atoms with E-state index in [0.29, 0.717) is 19.4 Å². The molecule has 0 aliphatic carbocycles. The fourth-order valence-corrected chi connectivity index (χ4v) is 2.25. The van der Waals surface area contributed by atoms with Crippen molar-refractivity contribution in [2.75, 3.05) is 6.54 Å². The highest BCUT2D eigenvalue weighted by molar-refractivity contribution is 5.92. The first-order valence-electron chi connectivity index (χ1n) is 8.81. The minimum absolute atomic E-state index is 0.121. The standard InChI is InChI=1S/C16H28N4O8/c17-8-2-1-3-11(16(27)28)20-15(26)10(5-7-13(23)24)19-14(25)9(18)4-6-12(21)22/h9-11H,1-8,17-18H2,(H,19,25)(H,20,26)(H,21,22)(H,23,24)(H,27,28)/t9-,10-,11-/m1/s1. The molecule has 0 aromatic carbocycles. The van der Waals surface area contributed by atoms with Crippen molar-refractivity contribution in [2.24, 2.45) is 11.5 Å². The molecule has 0 heterocycles. The first-order valence-corrected chi connectivity index (χ1v) is 8.81. The number of rotatable bonds is 15. The zero-order chi connectivity index (χ0) is 21.7. The molecule has 3 atom stereocenters. The average molecular weight is 404 g/mol. The fourth-order valence-electron chi connectivity index (χ4n) is 2.25. The molecular formula is C16H28N4O8. The second-order valence-corrected chi connectivity index (χ2v) is 6.22. The van der Waals surface area contributed by atoms with E-state index in [4.69, 9.17) is 21.7 Å². The van der Waals surface area contributed by atoms with Gasteiger partial charge in [-0.25, -0.2) is 4.79 Å². The van der Waals surface area contributed by atoms with E-state index in [2.05, 4.69) is 10.6 Å². The lowest BCUT2D eigenvalue weighted by atomic mass is 10.1. The quantitative estimate of drug-likeness (QED) is 0.152. The number of carboxylic acids is 3. The summed E-state index contributed by atoms with van der Waals surface area (Å²) in [4.78, 5) is 57.1. The van der Waals surface area contributed by atoms with Crippen molar-refractivity contribution in [3.63, 3.8) is 0 Å². The summed E-state index contributed by atoms with van der Waals surface area (Å²) in [5, 5.41) is 31.2. The number of carboxylic acid groups (broad SMARTS) is 3. The summed E-state index contributed by atoms with van der Waals surface area (Å²) in [5.74, 6) is -5.32. The van der Waals surface area contributed by atoms with Gasteiger partial charge in [0.15, 0.2) is 0 Å². The van der Waals surface area contributed by atoms with Crippen LogP contribution in [0, 0.1) is 0 Å². The van der Waals surface area contributed by atoms with Crippen molar-refractivity contribution in [3.8, 4) is 0 Å². The van der Waals surface area contributed by atoms with E-state index in [1.54, 1.807) is 0 Å². The Labute approximate surface area is 161 Å². The molecule has 160 valence electrons. The molecule has 0 rings (SSSR count). The molecule has 0 spiro atoms. The molecule has 9 N–H and O–H groups in total. The van der Waals surface area contributed by atoms with E-state index in [9.17, 15) is 29.1 Å². The largest absolute Gasteiger partial charge is 0.481 e. The molecule has 2 amide bonds. The monoisotopic (exact) mass is 404 g/mol. The van der Waals surface area contributed by atoms with Crippen molar-refractivity contribution in [2.45, 2.75) is 63.1 Å². The zero-order valence-electron chi connectivity index (χ0n) is 15.4. The Morgan fingerprint density at radius 3 is 1.79 bits per heavy atom. The van der Waals surface area contributed by atoms with Crippen LogP contribution in [0.3, 0.4) is 0 Å². The van der Waals surface area contributed by atoms with Crippen molar-refractivity contribution in [1.29, 1.82) is 0 Å². The maximum atomic E-state index is 12.4. The lowest BCUT2D eigenvalue weighted by Gasteiger charge is -2.22. The normalized spacial score (nSPS) is 13.8. The molecule has 0 aromatic rings. The van der Waals surface area contributed by atoms with Crippen LogP contribution in [0.5, 0.6) is 0 Å². The molecule has 28 heavy (non-hydrogen) atoms. The van der Waals surface area contributed by atoms with Crippen molar-refractivity contribution < 1.29 is 39.3 Å². The third-order valence-corrected chi connectivity index (χ3v) is 3.85. The van der Waals surface area contributed by atoms with Crippen molar-refractivity contribution in [1.82, 2.24) is 10.6 Å². The van der Waals surface area contributed by atoms with Crippen LogP contribution in [0.2, 0.25) is 0 Å². The molecule has 0 unspecified atom stereocenters. The van der Waals surface area contributed by atoms with Gasteiger partial charge in [0.1, 0.15) is 12.1 Å².